The second-order valence-electron chi connectivity index (χ2n) is 6.50. The number of aromatic nitrogens is 2. The van der Waals surface area contributed by atoms with Gasteiger partial charge in [-0.15, -0.1) is 0 Å². The first-order chi connectivity index (χ1) is 13.2. The van der Waals surface area contributed by atoms with Crippen LogP contribution in [0, 0.1) is 0 Å². The standard InChI is InChI=1S/C21H25N2O2PS/c27-26(15-9-19-6-1-3-11-22-19,16-10-20-7-2-4-12-23-20)17-14-24-18-21-8-5-13-25-21/h1-8,11-13H,9-10,14-18H2. The van der Waals surface area contributed by atoms with Crippen molar-refractivity contribution in [2.75, 3.05) is 25.1 Å². The van der Waals surface area contributed by atoms with Crippen molar-refractivity contribution in [2.24, 2.45) is 0 Å². The van der Waals surface area contributed by atoms with Crippen LogP contribution in [0.15, 0.2) is 71.6 Å². The summed E-state index contributed by atoms with van der Waals surface area (Å²) in [6, 6.07) is 14.4. The minimum atomic E-state index is -1.56. The highest BCUT2D eigenvalue weighted by Crippen LogP contribution is 2.46. The minimum absolute atomic E-state index is 0.503. The van der Waals surface area contributed by atoms with E-state index in [1.807, 2.05) is 48.8 Å². The summed E-state index contributed by atoms with van der Waals surface area (Å²) in [6.45, 7) is 1.17. The number of nitrogens with zero attached hydrogens (tertiary/aromatic N) is 2. The third kappa shape index (κ3) is 7.02. The molecule has 0 spiro atoms. The number of rotatable bonds is 11. The Bertz CT molecular complexity index is 778. The lowest BCUT2D eigenvalue weighted by atomic mass is 10.3. The highest BCUT2D eigenvalue weighted by Gasteiger charge is 2.18. The second-order valence-corrected chi connectivity index (χ2v) is 12.3. The van der Waals surface area contributed by atoms with Crippen LogP contribution in [0.2, 0.25) is 0 Å². The summed E-state index contributed by atoms with van der Waals surface area (Å²) in [7, 11) is 0. The van der Waals surface area contributed by atoms with Crippen LogP contribution in [0.3, 0.4) is 0 Å². The van der Waals surface area contributed by atoms with Crippen molar-refractivity contribution in [1.29, 1.82) is 0 Å². The third-order valence-corrected chi connectivity index (χ3v) is 9.19. The van der Waals surface area contributed by atoms with Gasteiger partial charge in [0.1, 0.15) is 12.4 Å². The van der Waals surface area contributed by atoms with Crippen LogP contribution in [0.25, 0.3) is 0 Å². The van der Waals surface area contributed by atoms with Crippen molar-refractivity contribution >= 4 is 17.8 Å². The van der Waals surface area contributed by atoms with Gasteiger partial charge in [-0.2, -0.15) is 0 Å². The number of aryl methyl sites for hydroxylation is 2. The van der Waals surface area contributed by atoms with E-state index in [-0.39, 0.29) is 0 Å². The zero-order chi connectivity index (χ0) is 18.8. The van der Waals surface area contributed by atoms with Crippen molar-refractivity contribution in [1.82, 2.24) is 9.97 Å². The highest BCUT2D eigenvalue weighted by atomic mass is 32.4. The molecule has 4 nitrogen and oxygen atoms in total. The molecule has 0 fully saturated rings. The average molecular weight is 400 g/mol. The first-order valence-corrected chi connectivity index (χ1v) is 12.6. The monoisotopic (exact) mass is 400 g/mol. The fourth-order valence-electron chi connectivity index (χ4n) is 2.86. The van der Waals surface area contributed by atoms with E-state index in [0.29, 0.717) is 13.2 Å². The molecule has 0 aliphatic carbocycles. The Balaban J connectivity index is 1.55. The molecule has 0 aliphatic heterocycles. The van der Waals surface area contributed by atoms with Gasteiger partial charge in [-0.25, -0.2) is 0 Å². The average Bonchev–Trinajstić information content (AvgIpc) is 3.24. The van der Waals surface area contributed by atoms with Crippen molar-refractivity contribution < 1.29 is 9.15 Å². The van der Waals surface area contributed by atoms with Crippen molar-refractivity contribution in [3.05, 3.63) is 84.3 Å². The number of hydrogen-bond acceptors (Lipinski definition) is 5. The summed E-state index contributed by atoms with van der Waals surface area (Å²) in [6.07, 6.45) is 10.2. The number of furan rings is 1. The van der Waals surface area contributed by atoms with Gasteiger partial charge in [-0.05, 0) is 67.6 Å². The van der Waals surface area contributed by atoms with Crippen molar-refractivity contribution in [3.8, 4) is 0 Å². The van der Waals surface area contributed by atoms with Crippen LogP contribution in [-0.2, 0) is 36.0 Å². The molecule has 142 valence electrons. The molecule has 0 aromatic carbocycles. The van der Waals surface area contributed by atoms with Crippen LogP contribution < -0.4 is 0 Å². The van der Waals surface area contributed by atoms with Gasteiger partial charge in [0.25, 0.3) is 0 Å². The molecule has 0 N–H and O–H groups in total. The van der Waals surface area contributed by atoms with E-state index >= 15 is 0 Å². The van der Waals surface area contributed by atoms with E-state index in [2.05, 4.69) is 22.1 Å². The van der Waals surface area contributed by atoms with Gasteiger partial charge in [0.15, 0.2) is 0 Å². The fourth-order valence-corrected chi connectivity index (χ4v) is 6.04. The molecule has 0 amide bonds. The Kier molecular flexibility index (Phi) is 7.76. The second kappa shape index (κ2) is 10.5. The highest BCUT2D eigenvalue weighted by molar-refractivity contribution is 8.14. The molecule has 3 rings (SSSR count). The van der Waals surface area contributed by atoms with Crippen LogP contribution in [0.4, 0.5) is 0 Å². The maximum absolute atomic E-state index is 6.17. The maximum atomic E-state index is 6.17. The molecule has 0 atom stereocenters. The van der Waals surface area contributed by atoms with Gasteiger partial charge < -0.3 is 9.15 Å². The summed E-state index contributed by atoms with van der Waals surface area (Å²) >= 11 is 6.17. The number of hydrogen-bond donors (Lipinski definition) is 0. The number of pyridine rings is 2. The first kappa shape index (κ1) is 19.9. The van der Waals surface area contributed by atoms with Gasteiger partial charge in [0.05, 0.1) is 12.9 Å². The molecule has 0 radical (unpaired) electrons. The SMILES string of the molecule is S=P(CCOCc1ccco1)(CCc1ccccn1)CCc1ccccn1. The van der Waals surface area contributed by atoms with Gasteiger partial charge in [-0.3, -0.25) is 9.97 Å². The number of ether oxygens (including phenoxy) is 1. The molecule has 27 heavy (non-hydrogen) atoms. The molecule has 6 heteroatoms. The van der Waals surface area contributed by atoms with Gasteiger partial charge in [0, 0.05) is 29.9 Å². The van der Waals surface area contributed by atoms with E-state index in [0.717, 1.165) is 48.5 Å². The van der Waals surface area contributed by atoms with Gasteiger partial charge in [-0.1, -0.05) is 23.9 Å². The predicted molar refractivity (Wildman–Crippen MR) is 113 cm³/mol. The lowest BCUT2D eigenvalue weighted by molar-refractivity contribution is 0.120. The zero-order valence-corrected chi connectivity index (χ0v) is 17.1. The molecule has 3 heterocycles. The Morgan fingerprint density at radius 1 is 0.852 bits per heavy atom. The molecule has 0 saturated carbocycles. The zero-order valence-electron chi connectivity index (χ0n) is 15.4. The van der Waals surface area contributed by atoms with Gasteiger partial charge in [0.2, 0.25) is 0 Å². The predicted octanol–water partition coefficient (Wildman–Crippen LogP) is 4.55. The Morgan fingerprint density at radius 2 is 1.52 bits per heavy atom. The van der Waals surface area contributed by atoms with Crippen molar-refractivity contribution in [3.63, 3.8) is 0 Å². The van der Waals surface area contributed by atoms with Crippen LogP contribution in [-0.4, -0.2) is 35.1 Å². The fraction of sp³-hybridized carbons (Fsp3) is 0.333. The quantitative estimate of drug-likeness (QED) is 0.349. The largest absolute Gasteiger partial charge is 0.467 e. The molecular formula is C21H25N2O2PS. The van der Waals surface area contributed by atoms with Crippen LogP contribution in [0.5, 0.6) is 0 Å². The molecule has 3 aromatic heterocycles. The van der Waals surface area contributed by atoms with E-state index in [1.54, 1.807) is 6.26 Å². The topological polar surface area (TPSA) is 48.2 Å². The molecule has 0 aliphatic rings. The van der Waals surface area contributed by atoms with E-state index in [9.17, 15) is 0 Å². The van der Waals surface area contributed by atoms with Crippen molar-refractivity contribution in [2.45, 2.75) is 19.4 Å². The normalized spacial score (nSPS) is 11.6. The summed E-state index contributed by atoms with van der Waals surface area (Å²) in [5.41, 5.74) is 2.22. The Labute approximate surface area is 166 Å². The van der Waals surface area contributed by atoms with Crippen LogP contribution in [0.1, 0.15) is 17.1 Å². The summed E-state index contributed by atoms with van der Waals surface area (Å²) in [5, 5.41) is 0. The molecule has 0 unspecified atom stereocenters. The Hall–Kier alpha value is -1.81. The maximum Gasteiger partial charge on any atom is 0.129 e. The first-order valence-electron chi connectivity index (χ1n) is 9.21. The third-order valence-electron chi connectivity index (χ3n) is 4.47. The lowest BCUT2D eigenvalue weighted by Crippen LogP contribution is -2.10. The minimum Gasteiger partial charge on any atom is -0.467 e. The molecule has 0 bridgehead atoms. The summed E-state index contributed by atoms with van der Waals surface area (Å²) in [4.78, 5) is 8.89. The van der Waals surface area contributed by atoms with E-state index < -0.39 is 6.04 Å². The molecular weight excluding hydrogens is 375 g/mol. The molecule has 3 aromatic rings. The summed E-state index contributed by atoms with van der Waals surface area (Å²) in [5.74, 6) is 0.852. The smallest absolute Gasteiger partial charge is 0.129 e. The van der Waals surface area contributed by atoms with E-state index in [4.69, 9.17) is 21.0 Å². The summed E-state index contributed by atoms with van der Waals surface area (Å²) < 4.78 is 11.1. The molecule has 0 saturated heterocycles. The van der Waals surface area contributed by atoms with E-state index in [1.165, 1.54) is 0 Å². The Morgan fingerprint density at radius 3 is 2.04 bits per heavy atom. The lowest BCUT2D eigenvalue weighted by Gasteiger charge is -2.22. The van der Waals surface area contributed by atoms with Gasteiger partial charge >= 0.3 is 0 Å². The van der Waals surface area contributed by atoms with Crippen LogP contribution >= 0.6 is 6.04 Å².